The van der Waals surface area contributed by atoms with Crippen LogP contribution in [0, 0.1) is 5.92 Å². The number of anilines is 2. The van der Waals surface area contributed by atoms with Crippen molar-refractivity contribution in [3.8, 4) is 0 Å². The Balaban J connectivity index is 2.91. The van der Waals surface area contributed by atoms with Gasteiger partial charge < -0.3 is 15.4 Å². The molecular weight excluding hydrogens is 324 g/mol. The fourth-order valence-electron chi connectivity index (χ4n) is 1.70. The standard InChI is InChI=1S/C13H21BrN4O2/c1-5-15-13-16-7-9(14)11(18-13)17-10(6-8(2)3)12(19)20-4/h7-8,10H,5-6H2,1-4H3,(H2,15,16,17,18). The second-order valence-electron chi connectivity index (χ2n) is 4.77. The number of esters is 1. The average molecular weight is 345 g/mol. The van der Waals surface area contributed by atoms with Gasteiger partial charge in [-0.05, 0) is 35.2 Å². The number of methoxy groups -OCH3 is 1. The van der Waals surface area contributed by atoms with E-state index in [2.05, 4.69) is 50.4 Å². The van der Waals surface area contributed by atoms with Crippen molar-refractivity contribution >= 4 is 33.7 Å². The van der Waals surface area contributed by atoms with Gasteiger partial charge in [0.15, 0.2) is 0 Å². The zero-order chi connectivity index (χ0) is 15.1. The Morgan fingerprint density at radius 3 is 2.75 bits per heavy atom. The van der Waals surface area contributed by atoms with Gasteiger partial charge in [-0.2, -0.15) is 4.98 Å². The lowest BCUT2D eigenvalue weighted by molar-refractivity contribution is -0.141. The molecule has 0 aliphatic carbocycles. The summed E-state index contributed by atoms with van der Waals surface area (Å²) in [6.45, 7) is 6.80. The zero-order valence-corrected chi connectivity index (χ0v) is 13.8. The Morgan fingerprint density at radius 2 is 2.20 bits per heavy atom. The maximum Gasteiger partial charge on any atom is 0.328 e. The number of hydrogen-bond acceptors (Lipinski definition) is 6. The first kappa shape index (κ1) is 16.7. The molecule has 0 spiro atoms. The second-order valence-corrected chi connectivity index (χ2v) is 5.62. The molecule has 0 saturated carbocycles. The van der Waals surface area contributed by atoms with Crippen LogP contribution in [0.25, 0.3) is 0 Å². The maximum absolute atomic E-state index is 11.8. The van der Waals surface area contributed by atoms with Crippen LogP contribution in [0.1, 0.15) is 27.2 Å². The topological polar surface area (TPSA) is 76.1 Å². The minimum Gasteiger partial charge on any atom is -0.467 e. The van der Waals surface area contributed by atoms with Crippen LogP contribution in [0.3, 0.4) is 0 Å². The summed E-state index contributed by atoms with van der Waals surface area (Å²) in [4.78, 5) is 20.3. The van der Waals surface area contributed by atoms with Gasteiger partial charge in [-0.15, -0.1) is 0 Å². The molecule has 0 radical (unpaired) electrons. The first-order valence-electron chi connectivity index (χ1n) is 6.58. The SMILES string of the molecule is CCNc1ncc(Br)c(NC(CC(C)C)C(=O)OC)n1. The number of ether oxygens (including phenoxy) is 1. The van der Waals surface area contributed by atoms with E-state index in [1.165, 1.54) is 7.11 Å². The number of nitrogens with one attached hydrogen (secondary N) is 2. The lowest BCUT2D eigenvalue weighted by Gasteiger charge is -2.19. The summed E-state index contributed by atoms with van der Waals surface area (Å²) in [5.74, 6) is 1.16. The van der Waals surface area contributed by atoms with Crippen LogP contribution in [-0.2, 0) is 9.53 Å². The van der Waals surface area contributed by atoms with E-state index < -0.39 is 6.04 Å². The van der Waals surface area contributed by atoms with Gasteiger partial charge >= 0.3 is 5.97 Å². The van der Waals surface area contributed by atoms with E-state index in [0.29, 0.717) is 28.6 Å². The third kappa shape index (κ3) is 4.96. The molecule has 112 valence electrons. The number of carbonyl (C=O) groups is 1. The number of rotatable bonds is 7. The number of aromatic nitrogens is 2. The van der Waals surface area contributed by atoms with Gasteiger partial charge in [0.2, 0.25) is 5.95 Å². The molecule has 1 aromatic heterocycles. The predicted octanol–water partition coefficient (Wildman–Crippen LogP) is 2.67. The normalized spacial score (nSPS) is 12.1. The molecule has 0 fully saturated rings. The minimum absolute atomic E-state index is 0.297. The molecule has 1 heterocycles. The van der Waals surface area contributed by atoms with E-state index in [9.17, 15) is 4.79 Å². The molecule has 6 nitrogen and oxygen atoms in total. The number of halogens is 1. The third-order valence-corrected chi connectivity index (χ3v) is 3.16. The maximum atomic E-state index is 11.8. The summed E-state index contributed by atoms with van der Waals surface area (Å²) in [5, 5.41) is 6.15. The summed E-state index contributed by atoms with van der Waals surface area (Å²) in [5.41, 5.74) is 0. The largest absolute Gasteiger partial charge is 0.467 e. The van der Waals surface area contributed by atoms with E-state index in [4.69, 9.17) is 4.74 Å². The van der Waals surface area contributed by atoms with E-state index in [-0.39, 0.29) is 5.97 Å². The van der Waals surface area contributed by atoms with Crippen LogP contribution in [-0.4, -0.2) is 35.6 Å². The highest BCUT2D eigenvalue weighted by Gasteiger charge is 2.22. The molecule has 0 aromatic carbocycles. The smallest absolute Gasteiger partial charge is 0.328 e. The van der Waals surface area contributed by atoms with Crippen molar-refractivity contribution in [2.45, 2.75) is 33.2 Å². The first-order chi connectivity index (χ1) is 9.47. The number of hydrogen-bond donors (Lipinski definition) is 2. The molecule has 1 aromatic rings. The summed E-state index contributed by atoms with van der Waals surface area (Å²) >= 11 is 3.38. The highest BCUT2D eigenvalue weighted by molar-refractivity contribution is 9.10. The summed E-state index contributed by atoms with van der Waals surface area (Å²) in [7, 11) is 1.39. The molecule has 0 saturated heterocycles. The first-order valence-corrected chi connectivity index (χ1v) is 7.38. The van der Waals surface area contributed by atoms with Crippen LogP contribution < -0.4 is 10.6 Å². The van der Waals surface area contributed by atoms with Crippen molar-refractivity contribution in [1.82, 2.24) is 9.97 Å². The van der Waals surface area contributed by atoms with Crippen molar-refractivity contribution in [1.29, 1.82) is 0 Å². The van der Waals surface area contributed by atoms with Gasteiger partial charge in [-0.1, -0.05) is 13.8 Å². The van der Waals surface area contributed by atoms with Crippen molar-refractivity contribution in [3.05, 3.63) is 10.7 Å². The summed E-state index contributed by atoms with van der Waals surface area (Å²) in [6, 6.07) is -0.430. The van der Waals surface area contributed by atoms with E-state index in [0.717, 1.165) is 6.54 Å². The Labute approximate surface area is 127 Å². The zero-order valence-electron chi connectivity index (χ0n) is 12.2. The van der Waals surface area contributed by atoms with E-state index >= 15 is 0 Å². The molecule has 2 N–H and O–H groups in total. The quantitative estimate of drug-likeness (QED) is 0.740. The Bertz CT molecular complexity index is 454. The highest BCUT2D eigenvalue weighted by atomic mass is 79.9. The van der Waals surface area contributed by atoms with Crippen molar-refractivity contribution in [2.24, 2.45) is 5.92 Å². The third-order valence-electron chi connectivity index (χ3n) is 2.58. The molecule has 0 aliphatic heterocycles. The van der Waals surface area contributed by atoms with Gasteiger partial charge in [0.25, 0.3) is 0 Å². The Kier molecular flexibility index (Phi) is 6.70. The Morgan fingerprint density at radius 1 is 1.50 bits per heavy atom. The van der Waals surface area contributed by atoms with Gasteiger partial charge in [0.05, 0.1) is 11.6 Å². The van der Waals surface area contributed by atoms with Gasteiger partial charge in [0, 0.05) is 12.7 Å². The van der Waals surface area contributed by atoms with Crippen molar-refractivity contribution < 1.29 is 9.53 Å². The van der Waals surface area contributed by atoms with E-state index in [1.54, 1.807) is 6.20 Å². The molecule has 0 aliphatic rings. The van der Waals surface area contributed by atoms with Gasteiger partial charge in [-0.25, -0.2) is 9.78 Å². The lowest BCUT2D eigenvalue weighted by atomic mass is 10.0. The van der Waals surface area contributed by atoms with Crippen LogP contribution >= 0.6 is 15.9 Å². The van der Waals surface area contributed by atoms with Gasteiger partial charge in [-0.3, -0.25) is 0 Å². The van der Waals surface area contributed by atoms with Crippen LogP contribution in [0.4, 0.5) is 11.8 Å². The molecule has 20 heavy (non-hydrogen) atoms. The highest BCUT2D eigenvalue weighted by Crippen LogP contribution is 2.22. The average Bonchev–Trinajstić information content (AvgIpc) is 2.40. The predicted molar refractivity (Wildman–Crippen MR) is 82.8 cm³/mol. The minimum atomic E-state index is -0.430. The summed E-state index contributed by atoms with van der Waals surface area (Å²) < 4.78 is 5.53. The summed E-state index contributed by atoms with van der Waals surface area (Å²) in [6.07, 6.45) is 2.32. The van der Waals surface area contributed by atoms with Crippen LogP contribution in [0.2, 0.25) is 0 Å². The second kappa shape index (κ2) is 8.04. The molecular formula is C13H21BrN4O2. The molecule has 0 bridgehead atoms. The molecule has 7 heteroatoms. The molecule has 1 rings (SSSR count). The lowest BCUT2D eigenvalue weighted by Crippen LogP contribution is -2.32. The van der Waals surface area contributed by atoms with Crippen molar-refractivity contribution in [2.75, 3.05) is 24.3 Å². The number of nitrogens with zero attached hydrogens (tertiary/aromatic N) is 2. The fourth-order valence-corrected chi connectivity index (χ4v) is 2.01. The number of carbonyl (C=O) groups excluding carboxylic acids is 1. The monoisotopic (exact) mass is 344 g/mol. The van der Waals surface area contributed by atoms with Gasteiger partial charge in [0.1, 0.15) is 11.9 Å². The fraction of sp³-hybridized carbons (Fsp3) is 0.615. The molecule has 1 atom stereocenters. The van der Waals surface area contributed by atoms with Crippen LogP contribution in [0.15, 0.2) is 10.7 Å². The molecule has 0 amide bonds. The molecule has 1 unspecified atom stereocenters. The Hall–Kier alpha value is -1.37. The van der Waals surface area contributed by atoms with Crippen LogP contribution in [0.5, 0.6) is 0 Å². The van der Waals surface area contributed by atoms with E-state index in [1.807, 2.05) is 6.92 Å². The van der Waals surface area contributed by atoms with Crippen molar-refractivity contribution in [3.63, 3.8) is 0 Å².